The molecule has 0 N–H and O–H groups in total. The van der Waals surface area contributed by atoms with E-state index in [1.807, 2.05) is 25.3 Å². The van der Waals surface area contributed by atoms with Crippen LogP contribution in [0, 0.1) is 12.8 Å². The fourth-order valence-corrected chi connectivity index (χ4v) is 4.24. The van der Waals surface area contributed by atoms with Crippen LogP contribution in [0.3, 0.4) is 0 Å². The monoisotopic (exact) mass is 342 g/mol. The van der Waals surface area contributed by atoms with Crippen molar-refractivity contribution in [3.05, 3.63) is 12.0 Å². The van der Waals surface area contributed by atoms with E-state index in [0.717, 1.165) is 0 Å². The van der Waals surface area contributed by atoms with Crippen LogP contribution in [0.25, 0.3) is 0 Å². The van der Waals surface area contributed by atoms with Crippen LogP contribution in [0.2, 0.25) is 0 Å². The number of hydrogen-bond acceptors (Lipinski definition) is 4. The predicted molar refractivity (Wildman–Crippen MR) is 87.4 cm³/mol. The van der Waals surface area contributed by atoms with Crippen LogP contribution in [-0.2, 0) is 21.4 Å². The molecular formula is C15H26N4O3S. The zero-order chi connectivity index (χ0) is 17.2. The lowest BCUT2D eigenvalue weighted by Gasteiger charge is -2.23. The molecule has 1 fully saturated rings. The Morgan fingerprint density at radius 1 is 1.26 bits per heavy atom. The molecular weight excluding hydrogens is 316 g/mol. The van der Waals surface area contributed by atoms with Crippen LogP contribution in [-0.4, -0.2) is 59.3 Å². The summed E-state index contributed by atoms with van der Waals surface area (Å²) in [5.41, 5.74) is 0. The first-order valence-electron chi connectivity index (χ1n) is 8.10. The van der Waals surface area contributed by atoms with Gasteiger partial charge in [-0.3, -0.25) is 4.79 Å². The average molecular weight is 342 g/mol. The summed E-state index contributed by atoms with van der Waals surface area (Å²) in [6, 6.07) is 0. The first-order valence-corrected chi connectivity index (χ1v) is 9.54. The minimum absolute atomic E-state index is 0.0685. The van der Waals surface area contributed by atoms with Crippen molar-refractivity contribution >= 4 is 15.9 Å². The maximum atomic E-state index is 12.8. The summed E-state index contributed by atoms with van der Waals surface area (Å²) >= 11 is 0. The van der Waals surface area contributed by atoms with E-state index < -0.39 is 10.0 Å². The molecule has 0 atom stereocenters. The minimum atomic E-state index is -3.60. The van der Waals surface area contributed by atoms with Crippen LogP contribution in [0.15, 0.2) is 11.2 Å². The summed E-state index contributed by atoms with van der Waals surface area (Å²) in [5, 5.41) is 0.0977. The molecule has 8 heteroatoms. The third kappa shape index (κ3) is 3.74. The smallest absolute Gasteiger partial charge is 0.262 e. The lowest BCUT2D eigenvalue weighted by atomic mass is 10.2. The Hall–Kier alpha value is -1.41. The molecule has 130 valence electrons. The van der Waals surface area contributed by atoms with Gasteiger partial charge in [-0.05, 0) is 20.3 Å². The SMILES string of the molecule is CCn1cc(S(=O)(=O)N2CCCN(C(=O)C(C)C)CC2)nc1C. The lowest BCUT2D eigenvalue weighted by molar-refractivity contribution is -0.134. The van der Waals surface area contributed by atoms with E-state index in [2.05, 4.69) is 4.98 Å². The first kappa shape index (κ1) is 17.9. The molecule has 0 bridgehead atoms. The van der Waals surface area contributed by atoms with E-state index in [4.69, 9.17) is 0 Å². The number of sulfonamides is 1. The van der Waals surface area contributed by atoms with Crippen molar-refractivity contribution in [1.29, 1.82) is 0 Å². The van der Waals surface area contributed by atoms with E-state index in [1.54, 1.807) is 18.0 Å². The molecule has 1 saturated heterocycles. The second-order valence-corrected chi connectivity index (χ2v) is 8.03. The van der Waals surface area contributed by atoms with Gasteiger partial charge in [0, 0.05) is 44.8 Å². The van der Waals surface area contributed by atoms with Crippen molar-refractivity contribution < 1.29 is 13.2 Å². The van der Waals surface area contributed by atoms with Gasteiger partial charge in [-0.15, -0.1) is 0 Å². The molecule has 0 aliphatic carbocycles. The van der Waals surface area contributed by atoms with Crippen LogP contribution >= 0.6 is 0 Å². The van der Waals surface area contributed by atoms with Gasteiger partial charge in [-0.25, -0.2) is 13.4 Å². The van der Waals surface area contributed by atoms with Gasteiger partial charge < -0.3 is 9.47 Å². The van der Waals surface area contributed by atoms with E-state index >= 15 is 0 Å². The van der Waals surface area contributed by atoms with Gasteiger partial charge in [-0.1, -0.05) is 13.8 Å². The summed E-state index contributed by atoms with van der Waals surface area (Å²) in [7, 11) is -3.60. The molecule has 1 amide bonds. The number of imidazole rings is 1. The summed E-state index contributed by atoms with van der Waals surface area (Å²) in [5.74, 6) is 0.703. The van der Waals surface area contributed by atoms with Crippen LogP contribution in [0.5, 0.6) is 0 Å². The van der Waals surface area contributed by atoms with Crippen LogP contribution in [0.4, 0.5) is 0 Å². The zero-order valence-electron chi connectivity index (χ0n) is 14.3. The zero-order valence-corrected chi connectivity index (χ0v) is 15.1. The number of amides is 1. The third-order valence-electron chi connectivity index (χ3n) is 4.16. The molecule has 2 heterocycles. The predicted octanol–water partition coefficient (Wildman–Crippen LogP) is 1.09. The fraction of sp³-hybridized carbons (Fsp3) is 0.733. The summed E-state index contributed by atoms with van der Waals surface area (Å²) in [6.45, 7) is 9.94. The highest BCUT2D eigenvalue weighted by molar-refractivity contribution is 7.89. The fourth-order valence-electron chi connectivity index (χ4n) is 2.78. The number of rotatable bonds is 4. The number of carbonyl (C=O) groups is 1. The standard InChI is InChI=1S/C15H26N4O3S/c1-5-17-11-14(16-13(17)4)23(21,22)19-8-6-7-18(9-10-19)15(20)12(2)3/h11-12H,5-10H2,1-4H3. The van der Waals surface area contributed by atoms with Crippen LogP contribution < -0.4 is 0 Å². The number of hydrogen-bond donors (Lipinski definition) is 0. The molecule has 1 aliphatic heterocycles. The second kappa shape index (κ2) is 7.00. The van der Waals surface area contributed by atoms with E-state index in [9.17, 15) is 13.2 Å². The average Bonchev–Trinajstić information content (AvgIpc) is 2.73. The largest absolute Gasteiger partial charge is 0.341 e. The molecule has 0 radical (unpaired) electrons. The molecule has 23 heavy (non-hydrogen) atoms. The van der Waals surface area contributed by atoms with E-state index in [-0.39, 0.29) is 16.9 Å². The van der Waals surface area contributed by atoms with Crippen molar-refractivity contribution in [3.8, 4) is 0 Å². The molecule has 1 aromatic rings. The molecule has 1 aliphatic rings. The molecule has 7 nitrogen and oxygen atoms in total. The minimum Gasteiger partial charge on any atom is -0.341 e. The Balaban J connectivity index is 2.16. The number of aromatic nitrogens is 2. The maximum absolute atomic E-state index is 12.8. The maximum Gasteiger partial charge on any atom is 0.262 e. The molecule has 0 saturated carbocycles. The van der Waals surface area contributed by atoms with Crippen molar-refractivity contribution in [2.75, 3.05) is 26.2 Å². The highest BCUT2D eigenvalue weighted by Gasteiger charge is 2.30. The van der Waals surface area contributed by atoms with Crippen molar-refractivity contribution in [3.63, 3.8) is 0 Å². The Morgan fingerprint density at radius 2 is 1.96 bits per heavy atom. The molecule has 0 spiro atoms. The van der Waals surface area contributed by atoms with E-state index in [1.165, 1.54) is 4.31 Å². The van der Waals surface area contributed by atoms with Crippen molar-refractivity contribution in [1.82, 2.24) is 18.8 Å². The Morgan fingerprint density at radius 3 is 2.52 bits per heavy atom. The first-order chi connectivity index (χ1) is 10.8. The molecule has 1 aromatic heterocycles. The Labute approximate surface area is 138 Å². The molecule has 0 unspecified atom stereocenters. The molecule has 2 rings (SSSR count). The van der Waals surface area contributed by atoms with Gasteiger partial charge in [0.15, 0.2) is 5.03 Å². The topological polar surface area (TPSA) is 75.5 Å². The third-order valence-corrected chi connectivity index (χ3v) is 5.93. The summed E-state index contributed by atoms with van der Waals surface area (Å²) < 4.78 is 28.8. The number of aryl methyl sites for hydroxylation is 2. The Kier molecular flexibility index (Phi) is 5.46. The molecule has 0 aromatic carbocycles. The Bertz CT molecular complexity index is 666. The van der Waals surface area contributed by atoms with Gasteiger partial charge >= 0.3 is 0 Å². The normalized spacial score (nSPS) is 17.5. The van der Waals surface area contributed by atoms with Gasteiger partial charge in [-0.2, -0.15) is 4.31 Å². The quantitative estimate of drug-likeness (QED) is 0.821. The van der Waals surface area contributed by atoms with Gasteiger partial charge in [0.2, 0.25) is 5.91 Å². The number of carbonyl (C=O) groups excluding carboxylic acids is 1. The van der Waals surface area contributed by atoms with E-state index in [0.29, 0.717) is 45.0 Å². The van der Waals surface area contributed by atoms with Crippen molar-refractivity contribution in [2.45, 2.75) is 45.7 Å². The second-order valence-electron chi connectivity index (χ2n) is 6.15. The van der Waals surface area contributed by atoms with Crippen LogP contribution in [0.1, 0.15) is 33.0 Å². The highest BCUT2D eigenvalue weighted by atomic mass is 32.2. The van der Waals surface area contributed by atoms with Crippen molar-refractivity contribution in [2.24, 2.45) is 5.92 Å². The van der Waals surface area contributed by atoms with Gasteiger partial charge in [0.05, 0.1) is 0 Å². The lowest BCUT2D eigenvalue weighted by Crippen LogP contribution is -2.39. The van der Waals surface area contributed by atoms with Gasteiger partial charge in [0.25, 0.3) is 10.0 Å². The summed E-state index contributed by atoms with van der Waals surface area (Å²) in [4.78, 5) is 18.1. The summed E-state index contributed by atoms with van der Waals surface area (Å²) in [6.07, 6.45) is 2.23. The number of nitrogens with zero attached hydrogens (tertiary/aromatic N) is 4. The highest BCUT2D eigenvalue weighted by Crippen LogP contribution is 2.18. The van der Waals surface area contributed by atoms with Gasteiger partial charge in [0.1, 0.15) is 5.82 Å².